The van der Waals surface area contributed by atoms with Gasteiger partial charge in [0.2, 0.25) is 0 Å². The Hall–Kier alpha value is -1.58. The second-order valence-electron chi connectivity index (χ2n) is 4.28. The molecule has 3 aromatic rings. The molecular weight excluding hydrogens is 281 g/mol. The number of alkyl halides is 1. The van der Waals surface area contributed by atoms with Gasteiger partial charge in [-0.3, -0.25) is 4.57 Å². The molecule has 0 aliphatic heterocycles. The molecule has 0 saturated carbocycles. The van der Waals surface area contributed by atoms with E-state index in [9.17, 15) is 0 Å². The van der Waals surface area contributed by atoms with Crippen molar-refractivity contribution in [3.63, 3.8) is 0 Å². The minimum Gasteiger partial charge on any atom is -0.279 e. The van der Waals surface area contributed by atoms with Crippen LogP contribution in [-0.2, 0) is 5.88 Å². The van der Waals surface area contributed by atoms with Gasteiger partial charge in [0.25, 0.3) is 0 Å². The molecule has 19 heavy (non-hydrogen) atoms. The van der Waals surface area contributed by atoms with E-state index in [4.69, 9.17) is 23.2 Å². The van der Waals surface area contributed by atoms with E-state index >= 15 is 0 Å². The number of halogens is 2. The molecule has 5 heteroatoms. The van der Waals surface area contributed by atoms with Crippen molar-refractivity contribution in [2.45, 2.75) is 12.8 Å². The van der Waals surface area contributed by atoms with Gasteiger partial charge in [0.15, 0.2) is 5.65 Å². The van der Waals surface area contributed by atoms with Crippen LogP contribution in [0, 0.1) is 6.92 Å². The van der Waals surface area contributed by atoms with E-state index in [-0.39, 0.29) is 0 Å². The molecule has 0 atom stereocenters. The van der Waals surface area contributed by atoms with Gasteiger partial charge in [-0.25, -0.2) is 9.97 Å². The summed E-state index contributed by atoms with van der Waals surface area (Å²) in [5.74, 6) is 1.09. The van der Waals surface area contributed by atoms with E-state index in [0.717, 1.165) is 28.2 Å². The Morgan fingerprint density at radius 1 is 1.26 bits per heavy atom. The summed E-state index contributed by atoms with van der Waals surface area (Å²) in [5.41, 5.74) is 3.71. The summed E-state index contributed by atoms with van der Waals surface area (Å²) >= 11 is 12.0. The Bertz CT molecular complexity index is 750. The van der Waals surface area contributed by atoms with Gasteiger partial charge in [0, 0.05) is 6.20 Å². The Morgan fingerprint density at radius 3 is 2.79 bits per heavy atom. The highest BCUT2D eigenvalue weighted by Crippen LogP contribution is 2.24. The molecule has 0 amide bonds. The van der Waals surface area contributed by atoms with Gasteiger partial charge in [-0.05, 0) is 24.6 Å². The first-order valence-electron chi connectivity index (χ1n) is 5.85. The van der Waals surface area contributed by atoms with Crippen molar-refractivity contribution in [3.8, 4) is 5.69 Å². The van der Waals surface area contributed by atoms with E-state index in [0.29, 0.717) is 10.9 Å². The number of fused-ring (bicyclic) bond motifs is 1. The van der Waals surface area contributed by atoms with Crippen molar-refractivity contribution in [2.24, 2.45) is 0 Å². The van der Waals surface area contributed by atoms with Crippen LogP contribution < -0.4 is 0 Å². The lowest BCUT2D eigenvalue weighted by atomic mass is 10.2. The number of rotatable bonds is 2. The lowest BCUT2D eigenvalue weighted by Gasteiger charge is -2.09. The van der Waals surface area contributed by atoms with Crippen molar-refractivity contribution in [1.82, 2.24) is 14.5 Å². The minimum absolute atomic E-state index is 0.322. The normalized spacial score (nSPS) is 11.1. The maximum Gasteiger partial charge on any atom is 0.164 e. The highest BCUT2D eigenvalue weighted by molar-refractivity contribution is 6.31. The minimum atomic E-state index is 0.322. The summed E-state index contributed by atoms with van der Waals surface area (Å²) < 4.78 is 1.98. The summed E-state index contributed by atoms with van der Waals surface area (Å²) in [6.45, 7) is 2.05. The first-order valence-corrected chi connectivity index (χ1v) is 6.77. The summed E-state index contributed by atoms with van der Waals surface area (Å²) in [6.07, 6.45) is 1.62. The Balaban J connectivity index is 2.36. The van der Waals surface area contributed by atoms with Crippen LogP contribution in [0.5, 0.6) is 0 Å². The average Bonchev–Trinajstić information content (AvgIpc) is 2.76. The predicted octanol–water partition coefficient (Wildman–Crippen LogP) is 4.12. The zero-order valence-corrected chi connectivity index (χ0v) is 11.8. The Morgan fingerprint density at radius 2 is 2.05 bits per heavy atom. The van der Waals surface area contributed by atoms with Crippen LogP contribution in [0.4, 0.5) is 0 Å². The molecule has 0 bridgehead atoms. The third kappa shape index (κ3) is 2.09. The number of para-hydroxylation sites is 1. The first-order chi connectivity index (χ1) is 9.20. The molecule has 3 rings (SSSR count). The van der Waals surface area contributed by atoms with Crippen molar-refractivity contribution < 1.29 is 0 Å². The van der Waals surface area contributed by atoms with Gasteiger partial charge in [0.05, 0.1) is 16.6 Å². The number of hydrogen-bond donors (Lipinski definition) is 0. The monoisotopic (exact) mass is 291 g/mol. The number of aromatic nitrogens is 3. The maximum atomic E-state index is 6.00. The van der Waals surface area contributed by atoms with Crippen LogP contribution in [0.1, 0.15) is 11.4 Å². The van der Waals surface area contributed by atoms with Gasteiger partial charge >= 0.3 is 0 Å². The van der Waals surface area contributed by atoms with Crippen molar-refractivity contribution >= 4 is 34.4 Å². The van der Waals surface area contributed by atoms with E-state index in [1.807, 2.05) is 22.8 Å². The van der Waals surface area contributed by atoms with Crippen molar-refractivity contribution in [3.05, 3.63) is 52.9 Å². The molecule has 0 N–H and O–H groups in total. The number of benzene rings is 1. The van der Waals surface area contributed by atoms with Crippen LogP contribution in [0.2, 0.25) is 5.02 Å². The molecule has 96 valence electrons. The number of aryl methyl sites for hydroxylation is 1. The summed E-state index contributed by atoms with van der Waals surface area (Å²) in [4.78, 5) is 8.87. The van der Waals surface area contributed by atoms with Crippen LogP contribution in [0.3, 0.4) is 0 Å². The lowest BCUT2D eigenvalue weighted by molar-refractivity contribution is 0.960. The zero-order valence-electron chi connectivity index (χ0n) is 10.3. The third-order valence-electron chi connectivity index (χ3n) is 3.01. The highest BCUT2D eigenvalue weighted by atomic mass is 35.5. The molecule has 1 aromatic carbocycles. The third-order valence-corrected chi connectivity index (χ3v) is 3.45. The van der Waals surface area contributed by atoms with E-state index < -0.39 is 0 Å². The fourth-order valence-corrected chi connectivity index (χ4v) is 2.48. The summed E-state index contributed by atoms with van der Waals surface area (Å²) in [7, 11) is 0. The zero-order chi connectivity index (χ0) is 13.4. The molecule has 0 unspecified atom stereocenters. The SMILES string of the molecule is Cc1ccccc1-n1c(CCl)nc2cc(Cl)cnc21. The lowest BCUT2D eigenvalue weighted by Crippen LogP contribution is -2.02. The van der Waals surface area contributed by atoms with Crippen molar-refractivity contribution in [2.75, 3.05) is 0 Å². The van der Waals surface area contributed by atoms with E-state index in [1.165, 1.54) is 0 Å². The number of imidazole rings is 1. The quantitative estimate of drug-likeness (QED) is 0.665. The van der Waals surface area contributed by atoms with Crippen LogP contribution in [0.25, 0.3) is 16.9 Å². The van der Waals surface area contributed by atoms with E-state index in [1.54, 1.807) is 12.3 Å². The average molecular weight is 292 g/mol. The summed E-state index contributed by atoms with van der Waals surface area (Å²) in [6, 6.07) is 9.87. The molecule has 2 aromatic heterocycles. The first kappa shape index (κ1) is 12.5. The second kappa shape index (κ2) is 4.83. The molecule has 0 spiro atoms. The van der Waals surface area contributed by atoms with Gasteiger partial charge in [-0.1, -0.05) is 29.8 Å². The second-order valence-corrected chi connectivity index (χ2v) is 4.98. The number of nitrogens with zero attached hydrogens (tertiary/aromatic N) is 3. The van der Waals surface area contributed by atoms with Gasteiger partial charge in [-0.2, -0.15) is 0 Å². The van der Waals surface area contributed by atoms with Gasteiger partial charge < -0.3 is 0 Å². The van der Waals surface area contributed by atoms with Crippen molar-refractivity contribution in [1.29, 1.82) is 0 Å². The van der Waals surface area contributed by atoms with Gasteiger partial charge in [0.1, 0.15) is 11.3 Å². The Kier molecular flexibility index (Phi) is 3.17. The topological polar surface area (TPSA) is 30.7 Å². The molecule has 0 radical (unpaired) electrons. The van der Waals surface area contributed by atoms with E-state index in [2.05, 4.69) is 23.0 Å². The van der Waals surface area contributed by atoms with Crippen LogP contribution >= 0.6 is 23.2 Å². The maximum absolute atomic E-state index is 6.00. The molecule has 2 heterocycles. The van der Waals surface area contributed by atoms with Crippen LogP contribution in [0.15, 0.2) is 36.5 Å². The fourth-order valence-electron chi connectivity index (χ4n) is 2.14. The number of pyridine rings is 1. The molecule has 0 aliphatic rings. The van der Waals surface area contributed by atoms with Gasteiger partial charge in [-0.15, -0.1) is 11.6 Å². The smallest absolute Gasteiger partial charge is 0.164 e. The molecule has 0 saturated heterocycles. The summed E-state index contributed by atoms with van der Waals surface area (Å²) in [5, 5.41) is 0.572. The standard InChI is InChI=1S/C14H11Cl2N3/c1-9-4-2-3-5-12(9)19-13(7-15)18-11-6-10(16)8-17-14(11)19/h2-6,8H,7H2,1H3. The predicted molar refractivity (Wildman–Crippen MR) is 78.2 cm³/mol. The Labute approximate surface area is 120 Å². The highest BCUT2D eigenvalue weighted by Gasteiger charge is 2.14. The largest absolute Gasteiger partial charge is 0.279 e. The van der Waals surface area contributed by atoms with Crippen LogP contribution in [-0.4, -0.2) is 14.5 Å². The molecule has 3 nitrogen and oxygen atoms in total. The molecular formula is C14H11Cl2N3. The molecule has 0 fully saturated rings. The molecule has 0 aliphatic carbocycles. The fraction of sp³-hybridized carbons (Fsp3) is 0.143. The number of hydrogen-bond acceptors (Lipinski definition) is 2.